The van der Waals surface area contributed by atoms with Crippen LogP contribution < -0.4 is 15.2 Å². The maximum absolute atomic E-state index is 11.5. The highest BCUT2D eigenvalue weighted by Crippen LogP contribution is 2.28. The van der Waals surface area contributed by atoms with Gasteiger partial charge in [-0.25, -0.2) is 13.6 Å². The number of nitrogens with two attached hydrogens (primary N) is 1. The number of primary sulfonamides is 1. The largest absolute Gasteiger partial charge is 0.482 e. The quantitative estimate of drug-likeness (QED) is 0.813. The number of rotatable bonds is 6. The lowest BCUT2D eigenvalue weighted by molar-refractivity contribution is -0.123. The summed E-state index contributed by atoms with van der Waals surface area (Å²) in [5.74, 6) is 0.278. The molecule has 0 saturated heterocycles. The number of nitrogens with one attached hydrogen (secondary N) is 1. The van der Waals surface area contributed by atoms with Gasteiger partial charge in [-0.2, -0.15) is 0 Å². The minimum Gasteiger partial charge on any atom is -0.482 e. The number of sulfonamides is 1. The highest BCUT2D eigenvalue weighted by molar-refractivity contribution is 7.89. The van der Waals surface area contributed by atoms with E-state index in [0.29, 0.717) is 12.5 Å². The molecule has 1 aromatic carbocycles. The Morgan fingerprint density at radius 3 is 2.75 bits per heavy atom. The summed E-state index contributed by atoms with van der Waals surface area (Å²) in [4.78, 5) is 11.3. The predicted molar refractivity (Wildman–Crippen MR) is 74.1 cm³/mol. The number of carbonyl (C=O) groups excluding carboxylic acids is 1. The zero-order chi connectivity index (χ0) is 14.8. The fourth-order valence-corrected chi connectivity index (χ4v) is 2.53. The van der Waals surface area contributed by atoms with Gasteiger partial charge in [-0.1, -0.05) is 11.6 Å². The molecule has 8 heteroatoms. The SMILES string of the molecule is NS(=O)(=O)c1cc(Cl)ccc1OCC(=O)NCC1CC1. The van der Waals surface area contributed by atoms with E-state index in [0.717, 1.165) is 12.8 Å². The van der Waals surface area contributed by atoms with Gasteiger partial charge in [-0.15, -0.1) is 0 Å². The van der Waals surface area contributed by atoms with E-state index >= 15 is 0 Å². The maximum atomic E-state index is 11.5. The Morgan fingerprint density at radius 1 is 1.45 bits per heavy atom. The summed E-state index contributed by atoms with van der Waals surface area (Å²) in [5, 5.41) is 8.01. The molecule has 20 heavy (non-hydrogen) atoms. The number of carbonyl (C=O) groups is 1. The van der Waals surface area contributed by atoms with Crippen LogP contribution in [0.5, 0.6) is 5.75 Å². The molecule has 0 spiro atoms. The molecule has 0 bridgehead atoms. The van der Waals surface area contributed by atoms with E-state index in [1.165, 1.54) is 18.2 Å². The Morgan fingerprint density at radius 2 is 2.15 bits per heavy atom. The van der Waals surface area contributed by atoms with E-state index < -0.39 is 10.0 Å². The number of ether oxygens (including phenoxy) is 1. The normalized spacial score (nSPS) is 14.9. The molecule has 1 saturated carbocycles. The number of amides is 1. The molecule has 3 N–H and O–H groups in total. The van der Waals surface area contributed by atoms with Crippen LogP contribution in [0.1, 0.15) is 12.8 Å². The number of hydrogen-bond acceptors (Lipinski definition) is 4. The second kappa shape index (κ2) is 5.99. The molecular formula is C12H15ClN2O4S. The molecule has 110 valence electrons. The summed E-state index contributed by atoms with van der Waals surface area (Å²) in [7, 11) is -3.96. The first-order valence-corrected chi connectivity index (χ1v) is 8.00. The van der Waals surface area contributed by atoms with Crippen LogP contribution in [0.15, 0.2) is 23.1 Å². The molecule has 6 nitrogen and oxygen atoms in total. The smallest absolute Gasteiger partial charge is 0.257 e. The Balaban J connectivity index is 1.99. The summed E-state index contributed by atoms with van der Waals surface area (Å²) >= 11 is 5.72. The first kappa shape index (κ1) is 15.1. The zero-order valence-corrected chi connectivity index (χ0v) is 12.2. The van der Waals surface area contributed by atoms with Crippen molar-refractivity contribution < 1.29 is 17.9 Å². The summed E-state index contributed by atoms with van der Waals surface area (Å²) in [6.45, 7) is 0.363. The first-order valence-electron chi connectivity index (χ1n) is 6.08. The van der Waals surface area contributed by atoms with Gasteiger partial charge >= 0.3 is 0 Å². The van der Waals surface area contributed by atoms with E-state index in [9.17, 15) is 13.2 Å². The molecule has 0 aliphatic heterocycles. The van der Waals surface area contributed by atoms with Crippen molar-refractivity contribution in [2.45, 2.75) is 17.7 Å². The van der Waals surface area contributed by atoms with Gasteiger partial charge < -0.3 is 10.1 Å². The highest BCUT2D eigenvalue weighted by Gasteiger charge is 2.22. The van der Waals surface area contributed by atoms with Crippen LogP contribution in [-0.2, 0) is 14.8 Å². The van der Waals surface area contributed by atoms with Crippen molar-refractivity contribution >= 4 is 27.5 Å². The minimum absolute atomic E-state index is 0.0125. The number of hydrogen-bond donors (Lipinski definition) is 2. The van der Waals surface area contributed by atoms with Crippen molar-refractivity contribution in [1.29, 1.82) is 0 Å². The van der Waals surface area contributed by atoms with Crippen molar-refractivity contribution in [3.05, 3.63) is 23.2 Å². The van der Waals surface area contributed by atoms with Gasteiger partial charge in [0.05, 0.1) is 0 Å². The van der Waals surface area contributed by atoms with Gasteiger partial charge in [-0.05, 0) is 37.0 Å². The molecule has 1 aliphatic carbocycles. The predicted octanol–water partition coefficient (Wildman–Crippen LogP) is 0.892. The molecule has 1 aliphatic rings. The van der Waals surface area contributed by atoms with Crippen LogP contribution in [0.3, 0.4) is 0 Å². The van der Waals surface area contributed by atoms with Crippen molar-refractivity contribution in [3.63, 3.8) is 0 Å². The molecular weight excluding hydrogens is 304 g/mol. The third-order valence-electron chi connectivity index (χ3n) is 2.86. The standard InChI is InChI=1S/C12H15ClN2O4S/c13-9-3-4-10(11(5-9)20(14,17)18)19-7-12(16)15-6-8-1-2-8/h3-5,8H,1-2,6-7H2,(H,15,16)(H2,14,17,18). The van der Waals surface area contributed by atoms with E-state index in [4.69, 9.17) is 21.5 Å². The van der Waals surface area contributed by atoms with Crippen LogP contribution in [0.4, 0.5) is 0 Å². The lowest BCUT2D eigenvalue weighted by Gasteiger charge is -2.10. The van der Waals surface area contributed by atoms with Gasteiger partial charge in [0.15, 0.2) is 6.61 Å². The number of benzene rings is 1. The van der Waals surface area contributed by atoms with Crippen molar-refractivity contribution in [2.24, 2.45) is 11.1 Å². The minimum atomic E-state index is -3.96. The lowest BCUT2D eigenvalue weighted by Crippen LogP contribution is -2.30. The number of halogens is 1. The molecule has 0 heterocycles. The highest BCUT2D eigenvalue weighted by atomic mass is 35.5. The van der Waals surface area contributed by atoms with E-state index in [-0.39, 0.29) is 28.2 Å². The average Bonchev–Trinajstić information content (AvgIpc) is 3.17. The molecule has 1 fully saturated rings. The topological polar surface area (TPSA) is 98.5 Å². The second-order valence-electron chi connectivity index (χ2n) is 4.67. The van der Waals surface area contributed by atoms with Gasteiger partial charge in [0.2, 0.25) is 10.0 Å². The van der Waals surface area contributed by atoms with E-state index in [2.05, 4.69) is 5.32 Å². The first-order chi connectivity index (χ1) is 9.36. The van der Waals surface area contributed by atoms with Crippen LogP contribution in [0.2, 0.25) is 5.02 Å². The fourth-order valence-electron chi connectivity index (χ4n) is 1.60. The van der Waals surface area contributed by atoms with Crippen molar-refractivity contribution in [1.82, 2.24) is 5.32 Å². The van der Waals surface area contributed by atoms with Gasteiger partial charge in [0.1, 0.15) is 10.6 Å². The monoisotopic (exact) mass is 318 g/mol. The Labute approximate surface area is 122 Å². The summed E-state index contributed by atoms with van der Waals surface area (Å²) in [6, 6.07) is 4.03. The second-order valence-corrected chi connectivity index (χ2v) is 6.64. The molecule has 0 aromatic heterocycles. The van der Waals surface area contributed by atoms with Gasteiger partial charge in [0.25, 0.3) is 5.91 Å². The van der Waals surface area contributed by atoms with Crippen LogP contribution in [0.25, 0.3) is 0 Å². The Kier molecular flexibility index (Phi) is 4.52. The Hall–Kier alpha value is -1.31. The summed E-state index contributed by atoms with van der Waals surface area (Å²) in [6.07, 6.45) is 2.27. The molecule has 0 atom stereocenters. The molecule has 0 unspecified atom stereocenters. The van der Waals surface area contributed by atoms with E-state index in [1.54, 1.807) is 0 Å². The third-order valence-corrected chi connectivity index (χ3v) is 4.02. The molecule has 1 amide bonds. The molecule has 2 rings (SSSR count). The van der Waals surface area contributed by atoms with Gasteiger partial charge in [0, 0.05) is 11.6 Å². The summed E-state index contributed by atoms with van der Waals surface area (Å²) < 4.78 is 28.0. The molecule has 0 radical (unpaired) electrons. The Bertz CT molecular complexity index is 614. The van der Waals surface area contributed by atoms with Crippen LogP contribution in [0, 0.1) is 5.92 Å². The van der Waals surface area contributed by atoms with Crippen LogP contribution >= 0.6 is 11.6 Å². The third kappa shape index (κ3) is 4.36. The lowest BCUT2D eigenvalue weighted by atomic mass is 10.3. The van der Waals surface area contributed by atoms with Crippen molar-refractivity contribution in [2.75, 3.05) is 13.2 Å². The van der Waals surface area contributed by atoms with E-state index in [1.807, 2.05) is 0 Å². The molecule has 1 aromatic rings. The van der Waals surface area contributed by atoms with Crippen LogP contribution in [-0.4, -0.2) is 27.5 Å². The maximum Gasteiger partial charge on any atom is 0.257 e. The van der Waals surface area contributed by atoms with Gasteiger partial charge in [-0.3, -0.25) is 4.79 Å². The van der Waals surface area contributed by atoms with Crippen molar-refractivity contribution in [3.8, 4) is 5.75 Å². The summed E-state index contributed by atoms with van der Waals surface area (Å²) in [5.41, 5.74) is 0. The fraction of sp³-hybridized carbons (Fsp3) is 0.417. The average molecular weight is 319 g/mol. The zero-order valence-electron chi connectivity index (χ0n) is 10.6.